The van der Waals surface area contributed by atoms with Crippen molar-refractivity contribution in [3.05, 3.63) is 60.2 Å². The fraction of sp³-hybridized carbons (Fsp3) is 0.278. The monoisotopic (exact) mass is 543 g/mol. The third kappa shape index (κ3) is 7.72. The molecule has 0 bridgehead atoms. The van der Waals surface area contributed by atoms with Crippen molar-refractivity contribution in [1.82, 2.24) is 5.32 Å². The molecule has 3 N–H and O–H groups in total. The quantitative estimate of drug-likeness (QED) is 0.231. The Morgan fingerprint density at radius 1 is 1.07 bits per heavy atom. The largest absolute Gasteiger partial charge is 0.501 e. The van der Waals surface area contributed by atoms with E-state index < -0.39 is 20.2 Å². The Kier molecular flexibility index (Phi) is 9.70. The van der Waals surface area contributed by atoms with E-state index >= 15 is 0 Å². The van der Waals surface area contributed by atoms with Gasteiger partial charge in [-0.1, -0.05) is 30.3 Å². The van der Waals surface area contributed by atoms with Crippen molar-refractivity contribution in [2.45, 2.75) is 16.8 Å². The number of alkyl halides is 3. The lowest BCUT2D eigenvalue weighted by molar-refractivity contribution is -0.0436. The van der Waals surface area contributed by atoms with Crippen molar-refractivity contribution in [3.8, 4) is 5.75 Å². The Bertz CT molecular complexity index is 890. The Labute approximate surface area is 184 Å². The number of ether oxygens (including phenoxy) is 1. The van der Waals surface area contributed by atoms with E-state index in [0.717, 1.165) is 36.2 Å². The van der Waals surface area contributed by atoms with Crippen LogP contribution in [0.15, 0.2) is 64.5 Å². The highest BCUT2D eigenvalue weighted by atomic mass is 127. The van der Waals surface area contributed by atoms with E-state index in [1.54, 1.807) is 0 Å². The molecular weight excluding hydrogens is 522 g/mol. The van der Waals surface area contributed by atoms with Crippen LogP contribution in [0.2, 0.25) is 0 Å². The number of hydrogen-bond acceptors (Lipinski definition) is 4. The molecule has 29 heavy (non-hydrogen) atoms. The van der Waals surface area contributed by atoms with E-state index in [0.29, 0.717) is 13.1 Å². The van der Waals surface area contributed by atoms with Crippen molar-refractivity contribution in [2.75, 3.05) is 19.7 Å². The molecule has 0 aliphatic heterocycles. The molecule has 0 saturated carbocycles. The fourth-order valence-corrected chi connectivity index (χ4v) is 2.96. The molecule has 0 aliphatic rings. The maximum atomic E-state index is 12.5. The van der Waals surface area contributed by atoms with Gasteiger partial charge in [-0.05, 0) is 36.2 Å². The highest BCUT2D eigenvalue weighted by Crippen LogP contribution is 2.30. The Morgan fingerprint density at radius 2 is 1.69 bits per heavy atom. The molecule has 0 saturated heterocycles. The summed E-state index contributed by atoms with van der Waals surface area (Å²) in [6, 6.07) is 13.9. The van der Waals surface area contributed by atoms with Crippen LogP contribution in [0, 0.1) is 0 Å². The third-order valence-electron chi connectivity index (χ3n) is 3.64. The zero-order valence-corrected chi connectivity index (χ0v) is 18.4. The molecule has 160 valence electrons. The van der Waals surface area contributed by atoms with Gasteiger partial charge < -0.3 is 15.8 Å². The third-order valence-corrected chi connectivity index (χ3v) is 5.14. The summed E-state index contributed by atoms with van der Waals surface area (Å²) in [5.41, 5.74) is 1.55. The van der Waals surface area contributed by atoms with Gasteiger partial charge in [-0.3, -0.25) is 4.99 Å². The molecule has 0 fully saturated rings. The van der Waals surface area contributed by atoms with Crippen molar-refractivity contribution < 1.29 is 26.3 Å². The zero-order chi connectivity index (χ0) is 20.6. The first kappa shape index (κ1) is 25.0. The summed E-state index contributed by atoms with van der Waals surface area (Å²) < 4.78 is 65.3. The first-order chi connectivity index (χ1) is 13.2. The second-order valence-electron chi connectivity index (χ2n) is 5.70. The lowest BCUT2D eigenvalue weighted by atomic mass is 10.2. The van der Waals surface area contributed by atoms with E-state index in [4.69, 9.17) is 10.5 Å². The first-order valence-corrected chi connectivity index (χ1v) is 9.80. The minimum Gasteiger partial charge on any atom is -0.492 e. The number of sulfone groups is 1. The maximum Gasteiger partial charge on any atom is 0.501 e. The summed E-state index contributed by atoms with van der Waals surface area (Å²) in [5, 5.41) is 2.85. The van der Waals surface area contributed by atoms with Crippen LogP contribution < -0.4 is 15.8 Å². The van der Waals surface area contributed by atoms with Crippen LogP contribution in [0.1, 0.15) is 5.56 Å². The van der Waals surface area contributed by atoms with Gasteiger partial charge in [0.1, 0.15) is 12.4 Å². The summed E-state index contributed by atoms with van der Waals surface area (Å²) in [4.78, 5) is 3.35. The number of benzene rings is 2. The van der Waals surface area contributed by atoms with Gasteiger partial charge in [0.25, 0.3) is 9.84 Å². The van der Waals surface area contributed by atoms with Gasteiger partial charge in [0.15, 0.2) is 5.96 Å². The molecule has 0 aliphatic carbocycles. The number of nitrogens with zero attached hydrogens (tertiary/aromatic N) is 1. The second kappa shape index (κ2) is 11.2. The van der Waals surface area contributed by atoms with Crippen LogP contribution in [0.3, 0.4) is 0 Å². The van der Waals surface area contributed by atoms with Gasteiger partial charge in [-0.25, -0.2) is 8.42 Å². The van der Waals surface area contributed by atoms with E-state index in [1.165, 1.54) is 0 Å². The standard InChI is InChI=1S/C18H20F3N3O3S.HI/c19-18(20,21)28(25,26)16-8-6-15(7-9-16)27-13-12-24-17(22)23-11-10-14-4-2-1-3-5-14;/h1-9H,10-13H2,(H3,22,23,24);1H. The molecule has 11 heteroatoms. The number of aliphatic imine (C=N–C) groups is 1. The second-order valence-corrected chi connectivity index (χ2v) is 7.64. The summed E-state index contributed by atoms with van der Waals surface area (Å²) in [6.45, 7) is 1.02. The Balaban J connectivity index is 0.00000420. The van der Waals surface area contributed by atoms with Crippen LogP contribution in [-0.4, -0.2) is 39.6 Å². The van der Waals surface area contributed by atoms with Crippen LogP contribution >= 0.6 is 24.0 Å². The molecule has 2 aromatic rings. The summed E-state index contributed by atoms with van der Waals surface area (Å²) in [5.74, 6) is 0.494. The summed E-state index contributed by atoms with van der Waals surface area (Å²) in [6.07, 6.45) is 0.757. The number of halogens is 4. The molecule has 0 amide bonds. The molecule has 2 aromatic carbocycles. The zero-order valence-electron chi connectivity index (χ0n) is 15.2. The average molecular weight is 543 g/mol. The molecule has 0 radical (unpaired) electrons. The van der Waals surface area contributed by atoms with Crippen molar-refractivity contribution in [3.63, 3.8) is 0 Å². The van der Waals surface area contributed by atoms with Crippen LogP contribution in [-0.2, 0) is 16.3 Å². The summed E-state index contributed by atoms with van der Waals surface area (Å²) >= 11 is 0. The topological polar surface area (TPSA) is 93.8 Å². The molecule has 2 rings (SSSR count). The number of nitrogens with two attached hydrogens (primary N) is 1. The van der Waals surface area contributed by atoms with Gasteiger partial charge in [0.2, 0.25) is 0 Å². The molecule has 0 unspecified atom stereocenters. The molecule has 0 spiro atoms. The van der Waals surface area contributed by atoms with Crippen LogP contribution in [0.4, 0.5) is 13.2 Å². The SMILES string of the molecule is I.NC(=NCCc1ccccc1)NCCOc1ccc(S(=O)(=O)C(F)(F)F)cc1. The van der Waals surface area contributed by atoms with Crippen molar-refractivity contribution in [1.29, 1.82) is 0 Å². The lowest BCUT2D eigenvalue weighted by Gasteiger charge is -2.10. The van der Waals surface area contributed by atoms with E-state index in [9.17, 15) is 21.6 Å². The van der Waals surface area contributed by atoms with Gasteiger partial charge >= 0.3 is 5.51 Å². The van der Waals surface area contributed by atoms with Crippen LogP contribution in [0.5, 0.6) is 5.75 Å². The fourth-order valence-electron chi connectivity index (χ4n) is 2.20. The molecular formula is C18H21F3IN3O3S. The van der Waals surface area contributed by atoms with Gasteiger partial charge in [-0.2, -0.15) is 13.2 Å². The normalized spacial score (nSPS) is 12.2. The predicted octanol–water partition coefficient (Wildman–Crippen LogP) is 3.12. The first-order valence-electron chi connectivity index (χ1n) is 8.32. The van der Waals surface area contributed by atoms with Crippen molar-refractivity contribution >= 4 is 39.8 Å². The smallest absolute Gasteiger partial charge is 0.492 e. The average Bonchev–Trinajstić information content (AvgIpc) is 2.65. The minimum absolute atomic E-state index is 0. The molecule has 0 aromatic heterocycles. The van der Waals surface area contributed by atoms with Crippen LogP contribution in [0.25, 0.3) is 0 Å². The van der Waals surface area contributed by atoms with E-state index in [1.807, 2.05) is 30.3 Å². The lowest BCUT2D eigenvalue weighted by Crippen LogP contribution is -2.35. The van der Waals surface area contributed by atoms with E-state index in [2.05, 4.69) is 10.3 Å². The highest BCUT2D eigenvalue weighted by Gasteiger charge is 2.46. The maximum absolute atomic E-state index is 12.5. The summed E-state index contributed by atoms with van der Waals surface area (Å²) in [7, 11) is -5.36. The minimum atomic E-state index is -5.36. The number of guanidine groups is 1. The van der Waals surface area contributed by atoms with Gasteiger partial charge in [0.05, 0.1) is 11.4 Å². The molecule has 0 atom stereocenters. The Hall–Kier alpha value is -2.02. The predicted molar refractivity (Wildman–Crippen MR) is 115 cm³/mol. The molecule has 6 nitrogen and oxygen atoms in total. The Morgan fingerprint density at radius 3 is 2.28 bits per heavy atom. The molecule has 0 heterocycles. The number of hydrogen-bond donors (Lipinski definition) is 2. The van der Waals surface area contributed by atoms with Gasteiger partial charge in [0, 0.05) is 6.54 Å². The highest BCUT2D eigenvalue weighted by molar-refractivity contribution is 14.0. The number of nitrogens with one attached hydrogen (secondary N) is 1. The van der Waals surface area contributed by atoms with Gasteiger partial charge in [-0.15, -0.1) is 24.0 Å². The number of rotatable bonds is 8. The van der Waals surface area contributed by atoms with Crippen molar-refractivity contribution in [2.24, 2.45) is 10.7 Å². The van der Waals surface area contributed by atoms with E-state index in [-0.39, 0.29) is 42.3 Å².